The van der Waals surface area contributed by atoms with E-state index < -0.39 is 23.2 Å². The molecule has 2 aromatic heterocycles. The Balaban J connectivity index is 0.00000468. The van der Waals surface area contributed by atoms with Crippen LogP contribution in [0.15, 0.2) is 94.6 Å². The van der Waals surface area contributed by atoms with E-state index in [1.54, 1.807) is 54.7 Å². The Morgan fingerprint density at radius 2 is 1.57 bits per heavy atom. The second-order valence-electron chi connectivity index (χ2n) is 12.2. The lowest BCUT2D eigenvalue weighted by Crippen LogP contribution is -2.50. The molecule has 6 N–H and O–H groups in total. The molecule has 1 saturated carbocycles. The van der Waals surface area contributed by atoms with Gasteiger partial charge in [-0.1, -0.05) is 54.6 Å². The Labute approximate surface area is 288 Å². The van der Waals surface area contributed by atoms with E-state index in [0.717, 1.165) is 24.0 Å². The number of hydrogen-bond acceptors (Lipinski definition) is 9. The first kappa shape index (κ1) is 35.1. The number of anilines is 1. The molecule has 1 aliphatic carbocycles. The molecule has 0 saturated heterocycles. The molecule has 6 rings (SSSR count). The molecule has 0 spiro atoms. The zero-order valence-corrected chi connectivity index (χ0v) is 27.5. The molecular formula is C35H38ClN9O4. The van der Waals surface area contributed by atoms with E-state index in [9.17, 15) is 19.2 Å². The topological polar surface area (TPSA) is 199 Å². The highest BCUT2D eigenvalue weighted by atomic mass is 35.5. The summed E-state index contributed by atoms with van der Waals surface area (Å²) in [5.74, 6) is -0.341. The zero-order valence-electron chi connectivity index (χ0n) is 26.7. The number of halogens is 1. The summed E-state index contributed by atoms with van der Waals surface area (Å²) in [4.78, 5) is 56.7. The van der Waals surface area contributed by atoms with Gasteiger partial charge in [-0.3, -0.25) is 23.9 Å². The Hall–Kier alpha value is -5.24. The van der Waals surface area contributed by atoms with E-state index in [4.69, 9.17) is 11.5 Å². The third kappa shape index (κ3) is 8.08. The molecule has 49 heavy (non-hydrogen) atoms. The van der Waals surface area contributed by atoms with Gasteiger partial charge in [0.05, 0.1) is 23.8 Å². The average Bonchev–Trinajstić information content (AvgIpc) is 3.66. The van der Waals surface area contributed by atoms with Crippen LogP contribution in [0, 0.1) is 11.8 Å². The van der Waals surface area contributed by atoms with Crippen molar-refractivity contribution < 1.29 is 9.59 Å². The largest absolute Gasteiger partial charge is 0.330 e. The standard InChI is InChI=1S/C35H37N9O4.ClH/c36-19-23-8-12-27(13-9-23)33(46)44(28-16-14-26(15-17-28)31-39-41-42-40-31)34(47)30(37)18-22-6-10-25(11-7-22)29-21-43(35(48)38-32(29)45)20-24-4-2-1-3-5-24;/h1-7,10-11,14-17,21,23,27,30H,8-9,12-13,18-20,36-37H2,(H,38,45,48)(H,39,40,41,42);1H/t23?,27?,30-;/m0./s1. The third-order valence-corrected chi connectivity index (χ3v) is 8.94. The predicted octanol–water partition coefficient (Wildman–Crippen LogP) is 3.05. The van der Waals surface area contributed by atoms with Gasteiger partial charge in [0.2, 0.25) is 11.7 Å². The lowest BCUT2D eigenvalue weighted by Gasteiger charge is -2.32. The number of carbonyl (C=O) groups is 2. The van der Waals surface area contributed by atoms with Crippen molar-refractivity contribution in [1.82, 2.24) is 30.2 Å². The summed E-state index contributed by atoms with van der Waals surface area (Å²) in [5.41, 5.74) is 15.1. The number of aromatic nitrogens is 6. The summed E-state index contributed by atoms with van der Waals surface area (Å²) in [5, 5.41) is 14.0. The molecule has 0 aliphatic heterocycles. The van der Waals surface area contributed by atoms with Crippen molar-refractivity contribution in [2.45, 2.75) is 44.7 Å². The smallest absolute Gasteiger partial charge is 0.328 e. The molecule has 3 aromatic carbocycles. The van der Waals surface area contributed by atoms with Gasteiger partial charge in [-0.15, -0.1) is 22.6 Å². The van der Waals surface area contributed by atoms with E-state index >= 15 is 0 Å². The molecule has 13 nitrogen and oxygen atoms in total. The summed E-state index contributed by atoms with van der Waals surface area (Å²) in [7, 11) is 0. The number of benzene rings is 3. The molecule has 0 bridgehead atoms. The van der Waals surface area contributed by atoms with Crippen molar-refractivity contribution >= 4 is 29.9 Å². The van der Waals surface area contributed by atoms with Crippen LogP contribution in [-0.4, -0.2) is 54.6 Å². The number of imide groups is 1. The van der Waals surface area contributed by atoms with Gasteiger partial charge < -0.3 is 11.5 Å². The molecule has 0 radical (unpaired) electrons. The fourth-order valence-electron chi connectivity index (χ4n) is 6.17. The van der Waals surface area contributed by atoms with Gasteiger partial charge in [0, 0.05) is 17.7 Å². The van der Waals surface area contributed by atoms with Crippen LogP contribution < -0.4 is 27.6 Å². The van der Waals surface area contributed by atoms with Gasteiger partial charge >= 0.3 is 5.69 Å². The minimum absolute atomic E-state index is 0. The molecule has 1 atom stereocenters. The first-order valence-corrected chi connectivity index (χ1v) is 15.9. The Morgan fingerprint density at radius 1 is 0.898 bits per heavy atom. The molecule has 254 valence electrons. The SMILES string of the molecule is Cl.NCC1CCC(C(=O)N(C(=O)[C@@H](N)Cc2ccc(-c3cn(Cc4ccccc4)c(=O)[nH]c3=O)cc2)c2ccc(-c3nn[nH]n3)cc2)CC1. The summed E-state index contributed by atoms with van der Waals surface area (Å²) in [6.45, 7) is 0.888. The second-order valence-corrected chi connectivity index (χ2v) is 12.2. The van der Waals surface area contributed by atoms with E-state index in [1.165, 1.54) is 9.47 Å². The van der Waals surface area contributed by atoms with Crippen LogP contribution in [0.3, 0.4) is 0 Å². The van der Waals surface area contributed by atoms with Crippen LogP contribution in [-0.2, 0) is 22.6 Å². The highest BCUT2D eigenvalue weighted by Crippen LogP contribution is 2.32. The number of rotatable bonds is 10. The van der Waals surface area contributed by atoms with Crippen LogP contribution in [0.5, 0.6) is 0 Å². The highest BCUT2D eigenvalue weighted by molar-refractivity contribution is 6.17. The third-order valence-electron chi connectivity index (χ3n) is 8.94. The highest BCUT2D eigenvalue weighted by Gasteiger charge is 2.35. The normalized spacial score (nSPS) is 16.4. The first-order valence-electron chi connectivity index (χ1n) is 15.9. The maximum absolute atomic E-state index is 14.0. The number of hydrogen-bond donors (Lipinski definition) is 4. The van der Waals surface area contributed by atoms with Crippen molar-refractivity contribution in [2.24, 2.45) is 23.3 Å². The minimum atomic E-state index is -1.02. The van der Waals surface area contributed by atoms with Gasteiger partial charge in [0.25, 0.3) is 11.5 Å². The summed E-state index contributed by atoms with van der Waals surface area (Å²) in [6, 6.07) is 22.4. The first-order chi connectivity index (χ1) is 23.3. The van der Waals surface area contributed by atoms with Crippen molar-refractivity contribution in [3.63, 3.8) is 0 Å². The van der Waals surface area contributed by atoms with Crippen LogP contribution in [0.25, 0.3) is 22.5 Å². The number of tetrazole rings is 1. The van der Waals surface area contributed by atoms with Gasteiger partial charge in [0.1, 0.15) is 0 Å². The lowest BCUT2D eigenvalue weighted by molar-refractivity contribution is -0.130. The van der Waals surface area contributed by atoms with Crippen LogP contribution >= 0.6 is 12.4 Å². The predicted molar refractivity (Wildman–Crippen MR) is 188 cm³/mol. The number of H-pyrrole nitrogens is 2. The number of nitrogens with two attached hydrogens (primary N) is 2. The minimum Gasteiger partial charge on any atom is -0.330 e. The van der Waals surface area contributed by atoms with Crippen LogP contribution in [0.1, 0.15) is 36.8 Å². The van der Waals surface area contributed by atoms with Crippen LogP contribution in [0.2, 0.25) is 0 Å². The lowest BCUT2D eigenvalue weighted by atomic mass is 9.81. The number of carbonyl (C=O) groups excluding carboxylic acids is 2. The summed E-state index contributed by atoms with van der Waals surface area (Å²) < 4.78 is 1.46. The molecule has 1 fully saturated rings. The fraction of sp³-hybridized carbons (Fsp3) is 0.286. The summed E-state index contributed by atoms with van der Waals surface area (Å²) in [6.07, 6.45) is 4.67. The molecule has 5 aromatic rings. The molecule has 0 unspecified atom stereocenters. The number of aromatic amines is 2. The molecule has 2 amide bonds. The van der Waals surface area contributed by atoms with Gasteiger partial charge in [-0.2, -0.15) is 5.21 Å². The van der Waals surface area contributed by atoms with Crippen molar-refractivity contribution in [2.75, 3.05) is 11.4 Å². The Kier molecular flexibility index (Phi) is 11.3. The molecule has 2 heterocycles. The molecule has 1 aliphatic rings. The Morgan fingerprint density at radius 3 is 2.20 bits per heavy atom. The van der Waals surface area contributed by atoms with Gasteiger partial charge in [0.15, 0.2) is 0 Å². The van der Waals surface area contributed by atoms with Crippen molar-refractivity contribution in [3.05, 3.63) is 117 Å². The van der Waals surface area contributed by atoms with E-state index in [2.05, 4.69) is 25.6 Å². The van der Waals surface area contributed by atoms with Gasteiger partial charge in [-0.05, 0) is 90.7 Å². The average molecular weight is 684 g/mol. The maximum Gasteiger partial charge on any atom is 0.328 e. The number of nitrogens with one attached hydrogen (secondary N) is 2. The van der Waals surface area contributed by atoms with E-state index in [0.29, 0.717) is 60.1 Å². The maximum atomic E-state index is 14.0. The van der Waals surface area contributed by atoms with Gasteiger partial charge in [-0.25, -0.2) is 9.69 Å². The monoisotopic (exact) mass is 683 g/mol. The van der Waals surface area contributed by atoms with Crippen LogP contribution in [0.4, 0.5) is 5.69 Å². The van der Waals surface area contributed by atoms with E-state index in [1.807, 2.05) is 30.3 Å². The zero-order chi connectivity index (χ0) is 33.6. The number of nitrogens with zero attached hydrogens (tertiary/aromatic N) is 5. The van der Waals surface area contributed by atoms with Crippen molar-refractivity contribution in [1.29, 1.82) is 0 Å². The number of amides is 2. The quantitative estimate of drug-likeness (QED) is 0.171. The second kappa shape index (κ2) is 15.8. The Bertz CT molecular complexity index is 1970. The van der Waals surface area contributed by atoms with E-state index in [-0.39, 0.29) is 30.7 Å². The molecular weight excluding hydrogens is 646 g/mol. The molecule has 14 heteroatoms. The summed E-state index contributed by atoms with van der Waals surface area (Å²) >= 11 is 0. The van der Waals surface area contributed by atoms with Crippen molar-refractivity contribution in [3.8, 4) is 22.5 Å². The fourth-order valence-corrected chi connectivity index (χ4v) is 6.17.